The minimum absolute atomic E-state index is 0.0162. The lowest BCUT2D eigenvalue weighted by molar-refractivity contribution is -0.118. The average Bonchev–Trinajstić information content (AvgIpc) is 2.71. The van der Waals surface area contributed by atoms with Gasteiger partial charge in [0.1, 0.15) is 16.2 Å². The van der Waals surface area contributed by atoms with Gasteiger partial charge in [0.05, 0.1) is 11.7 Å². The van der Waals surface area contributed by atoms with Crippen molar-refractivity contribution in [2.45, 2.75) is 39.2 Å². The molecule has 0 aliphatic rings. The molecular weight excluding hydrogens is 432 g/mol. The van der Waals surface area contributed by atoms with Crippen molar-refractivity contribution in [1.82, 2.24) is 10.3 Å². The molecule has 2 rings (SSSR count). The van der Waals surface area contributed by atoms with Gasteiger partial charge in [0.2, 0.25) is 5.91 Å². The highest BCUT2D eigenvalue weighted by molar-refractivity contribution is 9.10. The lowest BCUT2D eigenvalue weighted by Crippen LogP contribution is -2.29. The van der Waals surface area contributed by atoms with Gasteiger partial charge in [0.25, 0.3) is 5.91 Å². The van der Waals surface area contributed by atoms with Gasteiger partial charge in [-0.05, 0) is 64.7 Å². The quantitative estimate of drug-likeness (QED) is 0.341. The van der Waals surface area contributed by atoms with Crippen LogP contribution < -0.4 is 10.6 Å². The molecule has 1 atom stereocenters. The first kappa shape index (κ1) is 22.3. The van der Waals surface area contributed by atoms with Crippen molar-refractivity contribution in [2.24, 2.45) is 0 Å². The topological polar surface area (TPSA) is 94.9 Å². The summed E-state index contributed by atoms with van der Waals surface area (Å²) in [5, 5.41) is 15.1. The summed E-state index contributed by atoms with van der Waals surface area (Å²) in [6.45, 7) is 3.90. The van der Waals surface area contributed by atoms with Crippen LogP contribution in [0.25, 0.3) is 6.08 Å². The summed E-state index contributed by atoms with van der Waals surface area (Å²) in [4.78, 5) is 28.5. The molecule has 0 saturated heterocycles. The minimum Gasteiger partial charge on any atom is -0.345 e. The summed E-state index contributed by atoms with van der Waals surface area (Å²) in [7, 11) is 0. The van der Waals surface area contributed by atoms with Crippen LogP contribution in [0.2, 0.25) is 0 Å². The van der Waals surface area contributed by atoms with Gasteiger partial charge in [-0.2, -0.15) is 5.26 Å². The number of benzene rings is 1. The second-order valence-electron chi connectivity index (χ2n) is 6.41. The molecule has 1 unspecified atom stereocenters. The molecular formula is C22H23BrN4O2. The minimum atomic E-state index is -0.457. The lowest BCUT2D eigenvalue weighted by Gasteiger charge is -2.18. The predicted molar refractivity (Wildman–Crippen MR) is 117 cm³/mol. The number of halogens is 1. The van der Waals surface area contributed by atoms with Crippen LogP contribution in [0.3, 0.4) is 0 Å². The Labute approximate surface area is 179 Å². The van der Waals surface area contributed by atoms with Gasteiger partial charge in [-0.1, -0.05) is 32.0 Å². The maximum absolute atomic E-state index is 12.6. The van der Waals surface area contributed by atoms with Gasteiger partial charge in [0, 0.05) is 12.1 Å². The summed E-state index contributed by atoms with van der Waals surface area (Å²) in [5.41, 5.74) is 2.11. The first-order valence-corrected chi connectivity index (χ1v) is 10.2. The van der Waals surface area contributed by atoms with E-state index >= 15 is 0 Å². The molecule has 7 heteroatoms. The van der Waals surface area contributed by atoms with Crippen LogP contribution in [0, 0.1) is 11.3 Å². The maximum atomic E-state index is 12.6. The lowest BCUT2D eigenvalue weighted by atomic mass is 10.0. The number of nitrogens with zero attached hydrogens (tertiary/aromatic N) is 2. The van der Waals surface area contributed by atoms with Crippen molar-refractivity contribution in [3.63, 3.8) is 0 Å². The molecule has 0 fully saturated rings. The van der Waals surface area contributed by atoms with E-state index in [4.69, 9.17) is 0 Å². The Morgan fingerprint density at radius 3 is 2.52 bits per heavy atom. The van der Waals surface area contributed by atoms with E-state index in [0.29, 0.717) is 28.8 Å². The number of pyridine rings is 1. The van der Waals surface area contributed by atoms with E-state index in [-0.39, 0.29) is 17.5 Å². The van der Waals surface area contributed by atoms with Crippen molar-refractivity contribution in [3.8, 4) is 6.07 Å². The third-order valence-corrected chi connectivity index (χ3v) is 4.62. The van der Waals surface area contributed by atoms with Gasteiger partial charge in [-0.3, -0.25) is 9.59 Å². The number of rotatable bonds is 8. The van der Waals surface area contributed by atoms with Crippen molar-refractivity contribution in [1.29, 1.82) is 5.26 Å². The van der Waals surface area contributed by atoms with E-state index in [1.165, 1.54) is 6.08 Å². The van der Waals surface area contributed by atoms with Crippen molar-refractivity contribution < 1.29 is 9.59 Å². The van der Waals surface area contributed by atoms with E-state index in [2.05, 4.69) is 31.5 Å². The Bertz CT molecular complexity index is 933. The van der Waals surface area contributed by atoms with Gasteiger partial charge in [0.15, 0.2) is 0 Å². The molecule has 0 saturated carbocycles. The zero-order valence-corrected chi connectivity index (χ0v) is 18.0. The molecule has 0 radical (unpaired) electrons. The van der Waals surface area contributed by atoms with Crippen LogP contribution in [0.15, 0.2) is 52.6 Å². The van der Waals surface area contributed by atoms with Gasteiger partial charge in [-0.25, -0.2) is 4.98 Å². The fraction of sp³-hybridized carbons (Fsp3) is 0.273. The van der Waals surface area contributed by atoms with E-state index in [1.54, 1.807) is 18.2 Å². The Morgan fingerprint density at radius 2 is 1.93 bits per heavy atom. The zero-order chi connectivity index (χ0) is 21.2. The van der Waals surface area contributed by atoms with Crippen LogP contribution in [0.4, 0.5) is 5.69 Å². The van der Waals surface area contributed by atoms with Crippen molar-refractivity contribution in [3.05, 3.63) is 63.9 Å². The number of carbonyl (C=O) groups is 2. The molecule has 1 aromatic heterocycles. The number of anilines is 1. The Morgan fingerprint density at radius 1 is 1.21 bits per heavy atom. The normalized spacial score (nSPS) is 12.0. The molecule has 0 aliphatic carbocycles. The number of amides is 2. The van der Waals surface area contributed by atoms with Crippen LogP contribution >= 0.6 is 15.9 Å². The monoisotopic (exact) mass is 454 g/mol. The third-order valence-electron chi connectivity index (χ3n) is 4.18. The van der Waals surface area contributed by atoms with Gasteiger partial charge >= 0.3 is 0 Å². The summed E-state index contributed by atoms with van der Waals surface area (Å²) < 4.78 is 0.626. The second kappa shape index (κ2) is 11.1. The van der Waals surface area contributed by atoms with Crippen LogP contribution in [-0.2, 0) is 9.59 Å². The number of aromatic nitrogens is 1. The molecule has 1 heterocycles. The van der Waals surface area contributed by atoms with E-state index in [0.717, 1.165) is 12.0 Å². The Kier molecular flexibility index (Phi) is 8.56. The molecule has 150 valence electrons. The number of nitrogens with one attached hydrogen (secondary N) is 2. The third kappa shape index (κ3) is 6.84. The van der Waals surface area contributed by atoms with Crippen LogP contribution in [0.1, 0.15) is 50.4 Å². The summed E-state index contributed by atoms with van der Waals surface area (Å²) in [6.07, 6.45) is 3.38. The summed E-state index contributed by atoms with van der Waals surface area (Å²) >= 11 is 3.27. The summed E-state index contributed by atoms with van der Waals surface area (Å²) in [5.74, 6) is -0.480. The highest BCUT2D eigenvalue weighted by atomic mass is 79.9. The second-order valence-corrected chi connectivity index (χ2v) is 7.22. The first-order chi connectivity index (χ1) is 14.0. The number of hydrogen-bond donors (Lipinski definition) is 2. The molecule has 2 amide bonds. The molecule has 2 N–H and O–H groups in total. The van der Waals surface area contributed by atoms with E-state index in [9.17, 15) is 14.9 Å². The molecule has 0 bridgehead atoms. The van der Waals surface area contributed by atoms with Gasteiger partial charge < -0.3 is 10.6 Å². The van der Waals surface area contributed by atoms with E-state index in [1.807, 2.05) is 44.2 Å². The SMILES string of the molecule is CCCC(=O)Nc1ccc(C(CC)NC(=O)/C(C#N)=C/c2cccc(Br)n2)cc1. The molecule has 2 aromatic rings. The standard InChI is InChI=1S/C22H23BrN4O2/c1-3-6-21(28)26-17-11-9-15(10-12-17)19(4-2)27-22(29)16(14-24)13-18-7-5-8-20(23)25-18/h5,7-13,19H,3-4,6H2,1-2H3,(H,26,28)(H,27,29)/b16-13+. The molecule has 0 aliphatic heterocycles. The number of hydrogen-bond acceptors (Lipinski definition) is 4. The average molecular weight is 455 g/mol. The fourth-order valence-electron chi connectivity index (χ4n) is 2.71. The number of carbonyl (C=O) groups excluding carboxylic acids is 2. The van der Waals surface area contributed by atoms with Gasteiger partial charge in [-0.15, -0.1) is 0 Å². The van der Waals surface area contributed by atoms with E-state index < -0.39 is 5.91 Å². The molecule has 0 spiro atoms. The first-order valence-electron chi connectivity index (χ1n) is 9.41. The number of nitriles is 1. The molecule has 1 aromatic carbocycles. The van der Waals surface area contributed by atoms with Crippen LogP contribution in [0.5, 0.6) is 0 Å². The highest BCUT2D eigenvalue weighted by Gasteiger charge is 2.16. The Hall–Kier alpha value is -2.98. The van der Waals surface area contributed by atoms with Crippen molar-refractivity contribution in [2.75, 3.05) is 5.32 Å². The molecule has 6 nitrogen and oxygen atoms in total. The smallest absolute Gasteiger partial charge is 0.262 e. The Balaban J connectivity index is 2.10. The predicted octanol–water partition coefficient (Wildman–Crippen LogP) is 4.76. The van der Waals surface area contributed by atoms with Crippen molar-refractivity contribution >= 4 is 39.5 Å². The summed E-state index contributed by atoms with van der Waals surface area (Å²) in [6, 6.07) is 14.3. The fourth-order valence-corrected chi connectivity index (χ4v) is 3.06. The van der Waals surface area contributed by atoms with Crippen LogP contribution in [-0.4, -0.2) is 16.8 Å². The highest BCUT2D eigenvalue weighted by Crippen LogP contribution is 2.20. The zero-order valence-electron chi connectivity index (χ0n) is 16.4. The molecule has 29 heavy (non-hydrogen) atoms. The largest absolute Gasteiger partial charge is 0.345 e. The maximum Gasteiger partial charge on any atom is 0.262 e.